The number of hydrogen-bond donors (Lipinski definition) is 0. The van der Waals surface area contributed by atoms with E-state index in [9.17, 15) is 0 Å². The fraction of sp³-hybridized carbons (Fsp3) is 0.350. The van der Waals surface area contributed by atoms with E-state index >= 15 is 0 Å². The molecule has 0 bridgehead atoms. The molecule has 1 heterocycles. The number of rotatable bonds is 3. The second-order valence-corrected chi connectivity index (χ2v) is 6.37. The van der Waals surface area contributed by atoms with Crippen LogP contribution >= 0.6 is 0 Å². The van der Waals surface area contributed by atoms with Crippen LogP contribution in [0.5, 0.6) is 0 Å². The number of nitriles is 1. The third kappa shape index (κ3) is 3.72. The Balaban J connectivity index is 1.61. The summed E-state index contributed by atoms with van der Waals surface area (Å²) >= 11 is 0. The van der Waals surface area contributed by atoms with Gasteiger partial charge in [-0.25, -0.2) is 0 Å². The molecule has 0 saturated carbocycles. The van der Waals surface area contributed by atoms with Crippen LogP contribution in [0.1, 0.15) is 22.3 Å². The molecule has 0 aliphatic carbocycles. The lowest BCUT2D eigenvalue weighted by Crippen LogP contribution is -2.46. The van der Waals surface area contributed by atoms with Gasteiger partial charge in [0, 0.05) is 38.4 Å². The van der Waals surface area contributed by atoms with E-state index in [0.29, 0.717) is 0 Å². The zero-order chi connectivity index (χ0) is 16.2. The van der Waals surface area contributed by atoms with Crippen LogP contribution in [0, 0.1) is 25.2 Å². The van der Waals surface area contributed by atoms with Gasteiger partial charge in [-0.1, -0.05) is 29.8 Å². The lowest BCUT2D eigenvalue weighted by molar-refractivity contribution is 0.250. The molecule has 2 aromatic carbocycles. The minimum Gasteiger partial charge on any atom is -0.369 e. The van der Waals surface area contributed by atoms with Crippen molar-refractivity contribution in [1.29, 1.82) is 5.26 Å². The Morgan fingerprint density at radius 3 is 2.48 bits per heavy atom. The molecule has 1 aliphatic heterocycles. The first-order valence-electron chi connectivity index (χ1n) is 8.19. The van der Waals surface area contributed by atoms with Crippen molar-refractivity contribution in [3.63, 3.8) is 0 Å². The summed E-state index contributed by atoms with van der Waals surface area (Å²) in [4.78, 5) is 4.95. The quantitative estimate of drug-likeness (QED) is 0.869. The second-order valence-electron chi connectivity index (χ2n) is 6.37. The van der Waals surface area contributed by atoms with Crippen molar-refractivity contribution in [2.24, 2.45) is 0 Å². The van der Waals surface area contributed by atoms with Crippen molar-refractivity contribution < 1.29 is 0 Å². The topological polar surface area (TPSA) is 30.3 Å². The Kier molecular flexibility index (Phi) is 4.64. The minimum absolute atomic E-state index is 0.747. The molecule has 2 aromatic rings. The molecule has 0 N–H and O–H groups in total. The summed E-state index contributed by atoms with van der Waals surface area (Å²) in [5.74, 6) is 0. The Morgan fingerprint density at radius 2 is 1.78 bits per heavy atom. The molecule has 0 spiro atoms. The summed E-state index contributed by atoms with van der Waals surface area (Å²) in [6, 6.07) is 16.9. The zero-order valence-corrected chi connectivity index (χ0v) is 13.9. The maximum atomic E-state index is 9.00. The van der Waals surface area contributed by atoms with E-state index in [0.717, 1.165) is 38.3 Å². The first kappa shape index (κ1) is 15.6. The average molecular weight is 305 g/mol. The van der Waals surface area contributed by atoms with Gasteiger partial charge >= 0.3 is 0 Å². The third-order valence-electron chi connectivity index (χ3n) is 4.53. The normalized spacial score (nSPS) is 15.4. The summed E-state index contributed by atoms with van der Waals surface area (Å²) in [5.41, 5.74) is 6.02. The zero-order valence-electron chi connectivity index (χ0n) is 13.9. The molecule has 0 amide bonds. The molecule has 3 heteroatoms. The Bertz CT molecular complexity index is 722. The molecule has 0 radical (unpaired) electrons. The maximum absolute atomic E-state index is 9.00. The summed E-state index contributed by atoms with van der Waals surface area (Å²) < 4.78 is 0. The van der Waals surface area contributed by atoms with Crippen LogP contribution in [0.2, 0.25) is 0 Å². The van der Waals surface area contributed by atoms with Gasteiger partial charge in [0.05, 0.1) is 11.6 Å². The van der Waals surface area contributed by atoms with E-state index in [1.54, 1.807) is 0 Å². The lowest BCUT2D eigenvalue weighted by atomic mass is 10.1. The van der Waals surface area contributed by atoms with Crippen LogP contribution < -0.4 is 4.90 Å². The first-order valence-corrected chi connectivity index (χ1v) is 8.19. The highest BCUT2D eigenvalue weighted by Crippen LogP contribution is 2.23. The SMILES string of the molecule is Cc1ccc(N2CCN(Cc3cccc(C#N)c3)CC2)c(C)c1. The van der Waals surface area contributed by atoms with Crippen molar-refractivity contribution in [3.8, 4) is 6.07 Å². The smallest absolute Gasteiger partial charge is 0.0991 e. The first-order chi connectivity index (χ1) is 11.2. The third-order valence-corrected chi connectivity index (χ3v) is 4.53. The van der Waals surface area contributed by atoms with Gasteiger partial charge in [-0.3, -0.25) is 4.90 Å². The Labute approximate surface area is 138 Å². The monoisotopic (exact) mass is 305 g/mol. The van der Waals surface area contributed by atoms with Gasteiger partial charge in [0.25, 0.3) is 0 Å². The van der Waals surface area contributed by atoms with E-state index in [1.807, 2.05) is 18.2 Å². The van der Waals surface area contributed by atoms with Gasteiger partial charge in [-0.15, -0.1) is 0 Å². The fourth-order valence-electron chi connectivity index (χ4n) is 3.30. The van der Waals surface area contributed by atoms with Gasteiger partial charge in [0.1, 0.15) is 0 Å². The van der Waals surface area contributed by atoms with Crippen molar-refractivity contribution in [2.75, 3.05) is 31.1 Å². The molecule has 0 atom stereocenters. The van der Waals surface area contributed by atoms with E-state index in [1.165, 1.54) is 22.4 Å². The predicted molar refractivity (Wildman–Crippen MR) is 94.6 cm³/mol. The standard InChI is InChI=1S/C20H23N3/c1-16-6-7-20(17(2)12-16)23-10-8-22(9-11-23)15-19-5-3-4-18(13-19)14-21/h3-7,12-13H,8-11,15H2,1-2H3. The minimum atomic E-state index is 0.747. The van der Waals surface area contributed by atoms with Crippen LogP contribution in [0.25, 0.3) is 0 Å². The number of anilines is 1. The molecule has 3 rings (SSSR count). The predicted octanol–water partition coefficient (Wildman–Crippen LogP) is 3.50. The molecule has 3 nitrogen and oxygen atoms in total. The van der Waals surface area contributed by atoms with Gasteiger partial charge in [0.15, 0.2) is 0 Å². The van der Waals surface area contributed by atoms with E-state index < -0.39 is 0 Å². The van der Waals surface area contributed by atoms with Gasteiger partial charge in [-0.2, -0.15) is 5.26 Å². The summed E-state index contributed by atoms with van der Waals surface area (Å²) in [6.07, 6.45) is 0. The molecule has 1 aliphatic rings. The van der Waals surface area contributed by atoms with Gasteiger partial charge in [-0.05, 0) is 43.2 Å². The van der Waals surface area contributed by atoms with E-state index in [2.05, 4.69) is 54.0 Å². The molecule has 118 valence electrons. The van der Waals surface area contributed by atoms with Gasteiger partial charge in [0.2, 0.25) is 0 Å². The van der Waals surface area contributed by atoms with Crippen molar-refractivity contribution in [2.45, 2.75) is 20.4 Å². The average Bonchev–Trinajstić information content (AvgIpc) is 2.56. The highest BCUT2D eigenvalue weighted by molar-refractivity contribution is 5.54. The van der Waals surface area contributed by atoms with Crippen LogP contribution in [-0.4, -0.2) is 31.1 Å². The van der Waals surface area contributed by atoms with Crippen LogP contribution in [-0.2, 0) is 6.54 Å². The van der Waals surface area contributed by atoms with Crippen LogP contribution in [0.3, 0.4) is 0 Å². The van der Waals surface area contributed by atoms with E-state index in [-0.39, 0.29) is 0 Å². The summed E-state index contributed by atoms with van der Waals surface area (Å²) in [5, 5.41) is 9.00. The Hall–Kier alpha value is -2.31. The van der Waals surface area contributed by atoms with E-state index in [4.69, 9.17) is 5.26 Å². The number of hydrogen-bond acceptors (Lipinski definition) is 3. The molecule has 23 heavy (non-hydrogen) atoms. The molecule has 1 saturated heterocycles. The number of benzene rings is 2. The largest absolute Gasteiger partial charge is 0.369 e. The lowest BCUT2D eigenvalue weighted by Gasteiger charge is -2.37. The number of piperazine rings is 1. The fourth-order valence-corrected chi connectivity index (χ4v) is 3.30. The number of aryl methyl sites for hydroxylation is 2. The molecule has 0 unspecified atom stereocenters. The summed E-state index contributed by atoms with van der Waals surface area (Å²) in [7, 11) is 0. The molecule has 0 aromatic heterocycles. The van der Waals surface area contributed by atoms with Crippen LogP contribution in [0.4, 0.5) is 5.69 Å². The van der Waals surface area contributed by atoms with Crippen molar-refractivity contribution in [1.82, 2.24) is 4.90 Å². The van der Waals surface area contributed by atoms with Crippen molar-refractivity contribution in [3.05, 3.63) is 64.7 Å². The maximum Gasteiger partial charge on any atom is 0.0991 e. The molecular weight excluding hydrogens is 282 g/mol. The van der Waals surface area contributed by atoms with Crippen LogP contribution in [0.15, 0.2) is 42.5 Å². The molecule has 1 fully saturated rings. The highest BCUT2D eigenvalue weighted by atomic mass is 15.3. The highest BCUT2D eigenvalue weighted by Gasteiger charge is 2.18. The second kappa shape index (κ2) is 6.85. The number of nitrogens with zero attached hydrogens (tertiary/aromatic N) is 3. The van der Waals surface area contributed by atoms with Gasteiger partial charge < -0.3 is 4.90 Å². The summed E-state index contributed by atoms with van der Waals surface area (Å²) in [6.45, 7) is 9.50. The Morgan fingerprint density at radius 1 is 1.00 bits per heavy atom. The molecular formula is C20H23N3. The van der Waals surface area contributed by atoms with Crippen molar-refractivity contribution >= 4 is 5.69 Å².